The molecule has 176 valence electrons. The molecular weight excluding hydrogens is 478 g/mol. The first kappa shape index (κ1) is 23.2. The van der Waals surface area contributed by atoms with E-state index in [9.17, 15) is 35.9 Å². The van der Waals surface area contributed by atoms with Gasteiger partial charge in [-0.05, 0) is 53.6 Å². The van der Waals surface area contributed by atoms with Crippen LogP contribution in [-0.4, -0.2) is 33.2 Å². The van der Waals surface area contributed by atoms with Crippen LogP contribution in [0.1, 0.15) is 5.56 Å². The molecule has 0 aliphatic rings. The van der Waals surface area contributed by atoms with Crippen molar-refractivity contribution in [2.75, 3.05) is 0 Å². The average molecular weight is 493 g/mol. The third kappa shape index (κ3) is 4.19. The fourth-order valence-electron chi connectivity index (χ4n) is 3.38. The van der Waals surface area contributed by atoms with Crippen LogP contribution in [0.5, 0.6) is 5.88 Å². The Balaban J connectivity index is 1.69. The minimum atomic E-state index is -5.55. The number of benzene rings is 2. The highest BCUT2D eigenvalue weighted by Crippen LogP contribution is 2.31. The standard InChI is InChI=1S/C22H15F4N3O4S/c23-16-3-1-14(2-4-16)19-11-27-10-9-15(19)12-28-13-20(30)29(21(28)31)17-5-7-18(8-6-17)34(32,33)22(24,25)26/h1-11,13,30H,12H2. The SMILES string of the molecule is O=c1n(Cc2ccncc2-c2ccc(F)cc2)cc(O)n1-c1ccc(S(=O)(=O)C(F)(F)F)cc1. The van der Waals surface area contributed by atoms with Gasteiger partial charge in [0.1, 0.15) is 5.82 Å². The van der Waals surface area contributed by atoms with Gasteiger partial charge in [0.25, 0.3) is 9.84 Å². The van der Waals surface area contributed by atoms with Crippen LogP contribution < -0.4 is 5.69 Å². The Kier molecular flexibility index (Phi) is 5.77. The lowest BCUT2D eigenvalue weighted by molar-refractivity contribution is -0.0436. The smallest absolute Gasteiger partial charge is 0.493 e. The van der Waals surface area contributed by atoms with E-state index in [0.29, 0.717) is 28.8 Å². The number of imidazole rings is 1. The van der Waals surface area contributed by atoms with E-state index in [4.69, 9.17) is 0 Å². The first-order valence-corrected chi connectivity index (χ1v) is 11.1. The molecule has 1 N–H and O–H groups in total. The molecule has 0 bridgehead atoms. The molecule has 0 saturated carbocycles. The highest BCUT2D eigenvalue weighted by molar-refractivity contribution is 7.92. The maximum Gasteiger partial charge on any atom is 0.501 e. The van der Waals surface area contributed by atoms with Crippen LogP contribution in [0.15, 0.2) is 82.9 Å². The number of sulfone groups is 1. The van der Waals surface area contributed by atoms with E-state index < -0.39 is 37.6 Å². The van der Waals surface area contributed by atoms with E-state index in [1.807, 2.05) is 0 Å². The molecule has 0 atom stereocenters. The summed E-state index contributed by atoms with van der Waals surface area (Å²) in [4.78, 5) is 16.0. The summed E-state index contributed by atoms with van der Waals surface area (Å²) in [5.41, 5.74) is -4.30. The second kappa shape index (κ2) is 8.45. The van der Waals surface area contributed by atoms with Gasteiger partial charge in [-0.3, -0.25) is 9.55 Å². The molecule has 2 aromatic carbocycles. The summed E-state index contributed by atoms with van der Waals surface area (Å²) in [7, 11) is -5.55. The number of hydrogen-bond acceptors (Lipinski definition) is 5. The first-order chi connectivity index (χ1) is 16.0. The Morgan fingerprint density at radius 2 is 1.62 bits per heavy atom. The van der Waals surface area contributed by atoms with Gasteiger partial charge >= 0.3 is 11.2 Å². The third-order valence-corrected chi connectivity index (χ3v) is 6.56. The van der Waals surface area contributed by atoms with E-state index >= 15 is 0 Å². The molecule has 4 aromatic rings. The van der Waals surface area contributed by atoms with Crippen molar-refractivity contribution in [2.45, 2.75) is 16.9 Å². The second-order valence-corrected chi connectivity index (χ2v) is 9.16. The molecule has 34 heavy (non-hydrogen) atoms. The summed E-state index contributed by atoms with van der Waals surface area (Å²) < 4.78 is 76.6. The summed E-state index contributed by atoms with van der Waals surface area (Å²) in [6.45, 7) is -0.00480. The number of aromatic hydroxyl groups is 1. The molecule has 0 saturated heterocycles. The van der Waals surface area contributed by atoms with Crippen LogP contribution in [0.3, 0.4) is 0 Å². The number of rotatable bonds is 5. The maximum atomic E-state index is 13.3. The van der Waals surface area contributed by atoms with Gasteiger partial charge in [-0.2, -0.15) is 13.2 Å². The van der Waals surface area contributed by atoms with Gasteiger partial charge in [0.2, 0.25) is 5.88 Å². The predicted octanol–water partition coefficient (Wildman–Crippen LogP) is 3.89. The molecule has 0 unspecified atom stereocenters. The van der Waals surface area contributed by atoms with Crippen molar-refractivity contribution < 1.29 is 31.1 Å². The van der Waals surface area contributed by atoms with Gasteiger partial charge in [-0.1, -0.05) is 12.1 Å². The van der Waals surface area contributed by atoms with Crippen molar-refractivity contribution in [2.24, 2.45) is 0 Å². The first-order valence-electron chi connectivity index (χ1n) is 9.61. The summed E-state index contributed by atoms with van der Waals surface area (Å²) in [6, 6.07) is 10.7. The lowest BCUT2D eigenvalue weighted by Gasteiger charge is -2.10. The second-order valence-electron chi connectivity index (χ2n) is 7.22. The van der Waals surface area contributed by atoms with Crippen LogP contribution in [0.2, 0.25) is 0 Å². The molecule has 2 heterocycles. The van der Waals surface area contributed by atoms with Crippen molar-refractivity contribution in [1.82, 2.24) is 14.1 Å². The molecule has 0 fully saturated rings. The lowest BCUT2D eigenvalue weighted by atomic mass is 10.0. The maximum absolute atomic E-state index is 13.3. The highest BCUT2D eigenvalue weighted by atomic mass is 32.2. The number of halogens is 4. The molecule has 0 aliphatic heterocycles. The largest absolute Gasteiger partial charge is 0.501 e. The Bertz CT molecular complexity index is 1510. The number of alkyl halides is 3. The average Bonchev–Trinajstić information content (AvgIpc) is 3.07. The summed E-state index contributed by atoms with van der Waals surface area (Å²) in [6.07, 6.45) is 4.19. The molecule has 0 amide bonds. The zero-order valence-electron chi connectivity index (χ0n) is 17.1. The third-order valence-electron chi connectivity index (χ3n) is 5.05. The Morgan fingerprint density at radius 3 is 2.24 bits per heavy atom. The normalized spacial score (nSPS) is 12.1. The molecule has 12 heteroatoms. The van der Waals surface area contributed by atoms with Gasteiger partial charge in [-0.15, -0.1) is 0 Å². The molecule has 7 nitrogen and oxygen atoms in total. The molecule has 0 aliphatic carbocycles. The van der Waals surface area contributed by atoms with Crippen LogP contribution in [0, 0.1) is 5.82 Å². The van der Waals surface area contributed by atoms with Crippen LogP contribution in [0.4, 0.5) is 17.6 Å². The van der Waals surface area contributed by atoms with E-state index in [1.54, 1.807) is 24.4 Å². The van der Waals surface area contributed by atoms with Crippen LogP contribution >= 0.6 is 0 Å². The van der Waals surface area contributed by atoms with Gasteiger partial charge in [0, 0.05) is 18.0 Å². The number of pyridine rings is 1. The number of aromatic nitrogens is 3. The van der Waals surface area contributed by atoms with Gasteiger partial charge in [0.15, 0.2) is 0 Å². The summed E-state index contributed by atoms with van der Waals surface area (Å²) in [5.74, 6) is -0.921. The van der Waals surface area contributed by atoms with Crippen molar-refractivity contribution >= 4 is 9.84 Å². The molecule has 2 aromatic heterocycles. The topological polar surface area (TPSA) is 94.2 Å². The summed E-state index contributed by atoms with van der Waals surface area (Å²) >= 11 is 0. The predicted molar refractivity (Wildman–Crippen MR) is 114 cm³/mol. The van der Waals surface area contributed by atoms with Crippen molar-refractivity contribution in [3.05, 3.63) is 95.1 Å². The van der Waals surface area contributed by atoms with Crippen molar-refractivity contribution in [3.63, 3.8) is 0 Å². The van der Waals surface area contributed by atoms with Crippen molar-refractivity contribution in [1.29, 1.82) is 0 Å². The molecule has 0 spiro atoms. The Morgan fingerprint density at radius 1 is 0.971 bits per heavy atom. The number of hydrogen-bond donors (Lipinski definition) is 1. The lowest BCUT2D eigenvalue weighted by Crippen LogP contribution is -2.24. The molecule has 0 radical (unpaired) electrons. The van der Waals surface area contributed by atoms with Crippen LogP contribution in [-0.2, 0) is 16.4 Å². The quantitative estimate of drug-likeness (QED) is 0.426. The number of nitrogens with zero attached hydrogens (tertiary/aromatic N) is 3. The molecular formula is C22H15F4N3O4S. The summed E-state index contributed by atoms with van der Waals surface area (Å²) in [5, 5.41) is 10.3. The minimum absolute atomic E-state index is 0.00480. The zero-order valence-corrected chi connectivity index (χ0v) is 17.9. The van der Waals surface area contributed by atoms with E-state index in [2.05, 4.69) is 4.98 Å². The fraction of sp³-hybridized carbons (Fsp3) is 0.0909. The van der Waals surface area contributed by atoms with E-state index in [-0.39, 0.29) is 12.2 Å². The van der Waals surface area contributed by atoms with Gasteiger partial charge < -0.3 is 5.11 Å². The monoisotopic (exact) mass is 493 g/mol. The minimum Gasteiger partial charge on any atom is -0.493 e. The van der Waals surface area contributed by atoms with Gasteiger partial charge in [0.05, 0.1) is 23.3 Å². The van der Waals surface area contributed by atoms with E-state index in [1.165, 1.54) is 18.3 Å². The zero-order chi connectivity index (χ0) is 24.7. The Hall–Kier alpha value is -3.93. The van der Waals surface area contributed by atoms with E-state index in [0.717, 1.165) is 27.5 Å². The Labute approximate surface area is 190 Å². The van der Waals surface area contributed by atoms with Crippen molar-refractivity contribution in [3.8, 4) is 22.7 Å². The van der Waals surface area contributed by atoms with Gasteiger partial charge in [-0.25, -0.2) is 22.2 Å². The molecule has 4 rings (SSSR count). The van der Waals surface area contributed by atoms with Crippen LogP contribution in [0.25, 0.3) is 16.8 Å². The highest BCUT2D eigenvalue weighted by Gasteiger charge is 2.46. The fourth-order valence-corrected chi connectivity index (χ4v) is 4.14.